The van der Waals surface area contributed by atoms with Gasteiger partial charge in [0.2, 0.25) is 11.8 Å². The average molecular weight is 575 g/mol. The maximum absolute atomic E-state index is 14.4. The molecular weight excluding hydrogens is 548 g/mol. The highest BCUT2D eigenvalue weighted by molar-refractivity contribution is 6.01. The van der Waals surface area contributed by atoms with Crippen LogP contribution in [0.2, 0.25) is 0 Å². The van der Waals surface area contributed by atoms with Gasteiger partial charge in [0.05, 0.1) is 24.4 Å². The van der Waals surface area contributed by atoms with Crippen LogP contribution in [-0.2, 0) is 12.7 Å². The van der Waals surface area contributed by atoms with E-state index in [9.17, 15) is 27.2 Å². The molecule has 0 spiro atoms. The number of nitrogens with one attached hydrogen (secondary N) is 3. The Balaban J connectivity index is 1.39. The highest BCUT2D eigenvalue weighted by atomic mass is 19.4. The van der Waals surface area contributed by atoms with Crippen molar-refractivity contribution in [2.45, 2.75) is 31.4 Å². The van der Waals surface area contributed by atoms with E-state index in [2.05, 4.69) is 25.9 Å². The lowest BCUT2D eigenvalue weighted by molar-refractivity contribution is -0.139. The third kappa shape index (κ3) is 6.01. The summed E-state index contributed by atoms with van der Waals surface area (Å²) in [6, 6.07) is 8.30. The van der Waals surface area contributed by atoms with Crippen molar-refractivity contribution >= 4 is 23.5 Å². The number of nitrogens with zero attached hydrogens (tertiary/aromatic N) is 3. The minimum atomic E-state index is -4.84. The van der Waals surface area contributed by atoms with Crippen LogP contribution < -0.4 is 25.4 Å². The molecule has 14 heteroatoms. The van der Waals surface area contributed by atoms with Crippen molar-refractivity contribution in [2.24, 2.45) is 0 Å². The molecule has 3 aromatic rings. The number of halogens is 4. The van der Waals surface area contributed by atoms with Crippen molar-refractivity contribution in [2.75, 3.05) is 32.6 Å². The number of ether oxygens (including phenoxy) is 2. The molecule has 2 aromatic carbocycles. The molecule has 2 aliphatic heterocycles. The third-order valence-electron chi connectivity index (χ3n) is 6.82. The minimum Gasteiger partial charge on any atom is -0.495 e. The van der Waals surface area contributed by atoms with Crippen LogP contribution in [0, 0.1) is 0 Å². The van der Waals surface area contributed by atoms with Crippen LogP contribution in [0.5, 0.6) is 17.4 Å². The smallest absolute Gasteiger partial charge is 0.423 e. The van der Waals surface area contributed by atoms with E-state index < -0.39 is 41.6 Å². The Morgan fingerprint density at radius 1 is 1.20 bits per heavy atom. The van der Waals surface area contributed by atoms with Crippen molar-refractivity contribution in [3.05, 3.63) is 64.8 Å². The number of aromatic nitrogens is 2. The summed E-state index contributed by atoms with van der Waals surface area (Å²) in [6.07, 6.45) is -5.02. The lowest BCUT2D eigenvalue weighted by Crippen LogP contribution is -2.51. The van der Waals surface area contributed by atoms with Gasteiger partial charge in [0.15, 0.2) is 0 Å². The van der Waals surface area contributed by atoms with Crippen LogP contribution in [0.4, 0.5) is 29.2 Å². The van der Waals surface area contributed by atoms with Gasteiger partial charge in [-0.3, -0.25) is 9.59 Å². The number of piperidine rings is 1. The Bertz CT molecular complexity index is 1480. The van der Waals surface area contributed by atoms with Gasteiger partial charge in [0, 0.05) is 31.4 Å². The first kappa shape index (κ1) is 28.1. The molecule has 5 rings (SSSR count). The molecule has 0 unspecified atom stereocenters. The Labute approximate surface area is 232 Å². The molecule has 0 saturated carbocycles. The molecule has 0 radical (unpaired) electrons. The number of alkyl halides is 4. The van der Waals surface area contributed by atoms with Crippen molar-refractivity contribution in [1.82, 2.24) is 25.5 Å². The first-order valence-corrected chi connectivity index (χ1v) is 12.6. The van der Waals surface area contributed by atoms with E-state index in [1.54, 1.807) is 12.1 Å². The molecule has 2 aliphatic rings. The Morgan fingerprint density at radius 3 is 2.73 bits per heavy atom. The summed E-state index contributed by atoms with van der Waals surface area (Å²) in [4.78, 5) is 34.6. The maximum atomic E-state index is 14.4. The van der Waals surface area contributed by atoms with Crippen molar-refractivity contribution in [3.63, 3.8) is 0 Å². The number of hydrogen-bond acceptors (Lipinski definition) is 8. The quantitative estimate of drug-likeness (QED) is 0.362. The number of amides is 2. The molecule has 2 amide bonds. The summed E-state index contributed by atoms with van der Waals surface area (Å²) in [6.45, 7) is 1.10. The normalized spacial score (nSPS) is 18.8. The number of likely N-dealkylation sites (tertiary alicyclic amines) is 1. The zero-order valence-corrected chi connectivity index (χ0v) is 22.0. The summed E-state index contributed by atoms with van der Waals surface area (Å²) in [5.74, 6) is -1.94. The molecule has 1 aromatic heterocycles. The summed E-state index contributed by atoms with van der Waals surface area (Å²) >= 11 is 0. The SMILES string of the molecule is COc1cc(C(=O)N[C@@H]2CCN(C)C[C@@H]2F)ccc1Nc1ncc(C(F)(F)F)c(Oc2cccc3c2C(=O)NC3)n1. The molecule has 0 bridgehead atoms. The van der Waals surface area contributed by atoms with Crippen LogP contribution in [-0.4, -0.2) is 66.1 Å². The first-order chi connectivity index (χ1) is 19.5. The van der Waals surface area contributed by atoms with E-state index in [0.29, 0.717) is 24.7 Å². The molecule has 3 N–H and O–H groups in total. The number of rotatable bonds is 7. The van der Waals surface area contributed by atoms with E-state index in [1.165, 1.54) is 31.4 Å². The number of methoxy groups -OCH3 is 1. The summed E-state index contributed by atoms with van der Waals surface area (Å²) in [7, 11) is 3.16. The molecule has 0 aliphatic carbocycles. The maximum Gasteiger partial charge on any atom is 0.423 e. The van der Waals surface area contributed by atoms with Crippen LogP contribution >= 0.6 is 0 Å². The van der Waals surface area contributed by atoms with Gasteiger partial charge in [0.1, 0.15) is 23.2 Å². The molecule has 10 nitrogen and oxygen atoms in total. The lowest BCUT2D eigenvalue weighted by Gasteiger charge is -2.32. The summed E-state index contributed by atoms with van der Waals surface area (Å²) in [5.41, 5.74) is -0.0774. The van der Waals surface area contributed by atoms with Crippen molar-refractivity contribution in [1.29, 1.82) is 0 Å². The molecule has 216 valence electrons. The Kier molecular flexibility index (Phi) is 7.67. The predicted molar refractivity (Wildman–Crippen MR) is 139 cm³/mol. The predicted octanol–water partition coefficient (Wildman–Crippen LogP) is 4.06. The van der Waals surface area contributed by atoms with Gasteiger partial charge in [-0.15, -0.1) is 0 Å². The molecule has 1 saturated heterocycles. The van der Waals surface area contributed by atoms with Crippen molar-refractivity contribution in [3.8, 4) is 17.4 Å². The van der Waals surface area contributed by atoms with Crippen LogP contribution in [0.15, 0.2) is 42.6 Å². The number of benzene rings is 2. The number of carbonyl (C=O) groups excluding carboxylic acids is 2. The first-order valence-electron chi connectivity index (χ1n) is 12.6. The third-order valence-corrected chi connectivity index (χ3v) is 6.82. The highest BCUT2D eigenvalue weighted by Crippen LogP contribution is 2.39. The van der Waals surface area contributed by atoms with E-state index >= 15 is 0 Å². The number of hydrogen-bond donors (Lipinski definition) is 3. The second kappa shape index (κ2) is 11.2. The van der Waals surface area contributed by atoms with Gasteiger partial charge in [-0.2, -0.15) is 18.2 Å². The zero-order chi connectivity index (χ0) is 29.3. The van der Waals surface area contributed by atoms with Gasteiger partial charge in [-0.1, -0.05) is 12.1 Å². The number of fused-ring (bicyclic) bond motifs is 1. The molecule has 41 heavy (non-hydrogen) atoms. The lowest BCUT2D eigenvalue weighted by atomic mass is 10.0. The number of carbonyl (C=O) groups is 2. The van der Waals surface area contributed by atoms with Gasteiger partial charge in [-0.05, 0) is 43.3 Å². The number of anilines is 2. The Morgan fingerprint density at radius 2 is 2.00 bits per heavy atom. The van der Waals surface area contributed by atoms with Gasteiger partial charge < -0.3 is 30.3 Å². The van der Waals surface area contributed by atoms with Crippen LogP contribution in [0.3, 0.4) is 0 Å². The van der Waals surface area contributed by atoms with Gasteiger partial charge >= 0.3 is 6.18 Å². The topological polar surface area (TPSA) is 118 Å². The summed E-state index contributed by atoms with van der Waals surface area (Å²) < 4.78 is 66.6. The average Bonchev–Trinajstić information content (AvgIpc) is 3.31. The minimum absolute atomic E-state index is 0.0827. The molecular formula is C27H26F4N6O4. The summed E-state index contributed by atoms with van der Waals surface area (Å²) in [5, 5.41) is 8.09. The van der Waals surface area contributed by atoms with Crippen LogP contribution in [0.25, 0.3) is 0 Å². The van der Waals surface area contributed by atoms with E-state index in [0.717, 1.165) is 0 Å². The fourth-order valence-electron chi connectivity index (χ4n) is 4.66. The monoisotopic (exact) mass is 574 g/mol. The standard InChI is InChI=1S/C27H26F4N6O4/c1-37-9-8-18(17(28)13-37)34-23(38)14-6-7-19(21(10-14)40-2)35-26-33-12-16(27(29,30)31)25(36-26)41-20-5-3-4-15-11-32-24(39)22(15)20/h3-7,10,12,17-18H,8-9,11,13H2,1-2H3,(H,32,39)(H,34,38)(H,33,35,36)/t17-,18+/m0/s1. The second-order valence-corrected chi connectivity index (χ2v) is 9.67. The largest absolute Gasteiger partial charge is 0.495 e. The van der Waals surface area contributed by atoms with Crippen molar-refractivity contribution < 1.29 is 36.6 Å². The fourth-order valence-corrected chi connectivity index (χ4v) is 4.66. The van der Waals surface area contributed by atoms with Gasteiger partial charge in [-0.25, -0.2) is 9.37 Å². The highest BCUT2D eigenvalue weighted by Gasteiger charge is 2.37. The van der Waals surface area contributed by atoms with E-state index in [4.69, 9.17) is 9.47 Å². The zero-order valence-electron chi connectivity index (χ0n) is 22.0. The molecule has 1 fully saturated rings. The second-order valence-electron chi connectivity index (χ2n) is 9.67. The molecule has 3 heterocycles. The van der Waals surface area contributed by atoms with E-state index in [-0.39, 0.29) is 47.4 Å². The van der Waals surface area contributed by atoms with Gasteiger partial charge in [0.25, 0.3) is 11.8 Å². The Hall–Kier alpha value is -4.46. The fraction of sp³-hybridized carbons (Fsp3) is 0.333. The molecule has 2 atom stereocenters. The van der Waals surface area contributed by atoms with E-state index in [1.807, 2.05) is 11.9 Å². The van der Waals surface area contributed by atoms with Crippen LogP contribution in [0.1, 0.15) is 38.3 Å².